The molecule has 18 heavy (non-hydrogen) atoms. The first-order valence-corrected chi connectivity index (χ1v) is 6.19. The molecule has 1 heterocycles. The smallest absolute Gasteiger partial charge is 0.164 e. The van der Waals surface area contributed by atoms with E-state index < -0.39 is 0 Å². The highest BCUT2D eigenvalue weighted by Gasteiger charge is 2.13. The van der Waals surface area contributed by atoms with Crippen LogP contribution in [0.4, 0.5) is 0 Å². The van der Waals surface area contributed by atoms with Gasteiger partial charge in [0.05, 0.1) is 7.11 Å². The molecule has 0 unspecified atom stereocenters. The lowest BCUT2D eigenvalue weighted by Crippen LogP contribution is -2.22. The Labute approximate surface area is 115 Å². The number of halogens is 1. The fourth-order valence-electron chi connectivity index (χ4n) is 2.19. The highest BCUT2D eigenvalue weighted by molar-refractivity contribution is 5.96. The predicted octanol–water partition coefficient (Wildman–Crippen LogP) is 2.79. The molecule has 0 aliphatic carbocycles. The molecule has 0 bridgehead atoms. The maximum atomic E-state index is 11.9. The monoisotopic (exact) mass is 269 g/mol. The van der Waals surface area contributed by atoms with Gasteiger partial charge in [0.15, 0.2) is 5.78 Å². The van der Waals surface area contributed by atoms with Crippen LogP contribution in [0, 0.1) is 0 Å². The molecule has 0 amide bonds. The van der Waals surface area contributed by atoms with Crippen LogP contribution in [0.25, 0.3) is 0 Å². The predicted molar refractivity (Wildman–Crippen MR) is 74.9 cm³/mol. The number of likely N-dealkylation sites (tertiary alicyclic amines) is 1. The van der Waals surface area contributed by atoms with Crippen molar-refractivity contribution in [3.63, 3.8) is 0 Å². The van der Waals surface area contributed by atoms with Gasteiger partial charge >= 0.3 is 0 Å². The Balaban J connectivity index is 0.00000162. The van der Waals surface area contributed by atoms with Crippen LogP contribution in [0.15, 0.2) is 24.3 Å². The van der Waals surface area contributed by atoms with Gasteiger partial charge in [-0.3, -0.25) is 4.79 Å². The van der Waals surface area contributed by atoms with E-state index in [1.807, 2.05) is 24.3 Å². The molecule has 3 nitrogen and oxygen atoms in total. The molecule has 1 aliphatic rings. The molecule has 0 spiro atoms. The van der Waals surface area contributed by atoms with Crippen LogP contribution >= 0.6 is 12.4 Å². The second-order valence-electron chi connectivity index (χ2n) is 4.45. The van der Waals surface area contributed by atoms with E-state index in [-0.39, 0.29) is 18.2 Å². The SMILES string of the molecule is COc1ccc(C(=O)CCN2CCCC2)cc1.Cl. The summed E-state index contributed by atoms with van der Waals surface area (Å²) < 4.78 is 5.07. The van der Waals surface area contributed by atoms with Crippen molar-refractivity contribution in [2.75, 3.05) is 26.7 Å². The van der Waals surface area contributed by atoms with Gasteiger partial charge in [-0.15, -0.1) is 12.4 Å². The van der Waals surface area contributed by atoms with E-state index >= 15 is 0 Å². The average Bonchev–Trinajstić information content (AvgIpc) is 2.89. The van der Waals surface area contributed by atoms with E-state index in [2.05, 4.69) is 4.90 Å². The van der Waals surface area contributed by atoms with Crippen LogP contribution in [0.2, 0.25) is 0 Å². The van der Waals surface area contributed by atoms with Gasteiger partial charge in [-0.25, -0.2) is 0 Å². The summed E-state index contributed by atoms with van der Waals surface area (Å²) in [5.41, 5.74) is 0.782. The molecule has 0 atom stereocenters. The standard InChI is InChI=1S/C14H19NO2.ClH/c1-17-13-6-4-12(5-7-13)14(16)8-11-15-9-2-3-10-15;/h4-7H,2-3,8-11H2,1H3;1H. The molecular weight excluding hydrogens is 250 g/mol. The lowest BCUT2D eigenvalue weighted by atomic mass is 10.1. The third kappa shape index (κ3) is 4.00. The minimum atomic E-state index is 0. The summed E-state index contributed by atoms with van der Waals surface area (Å²) in [6.45, 7) is 3.19. The Kier molecular flexibility index (Phi) is 6.16. The topological polar surface area (TPSA) is 29.5 Å². The maximum Gasteiger partial charge on any atom is 0.164 e. The van der Waals surface area contributed by atoms with E-state index in [9.17, 15) is 4.79 Å². The quantitative estimate of drug-likeness (QED) is 0.770. The highest BCUT2D eigenvalue weighted by atomic mass is 35.5. The van der Waals surface area contributed by atoms with Gasteiger partial charge in [-0.2, -0.15) is 0 Å². The number of hydrogen-bond acceptors (Lipinski definition) is 3. The Morgan fingerprint density at radius 3 is 2.39 bits per heavy atom. The summed E-state index contributed by atoms with van der Waals surface area (Å²) in [6, 6.07) is 7.35. The van der Waals surface area contributed by atoms with Gasteiger partial charge in [0.1, 0.15) is 5.75 Å². The fourth-order valence-corrected chi connectivity index (χ4v) is 2.19. The summed E-state index contributed by atoms with van der Waals surface area (Å²) in [4.78, 5) is 14.3. The van der Waals surface area contributed by atoms with Crippen LogP contribution in [0.5, 0.6) is 5.75 Å². The summed E-state index contributed by atoms with van der Waals surface area (Å²) in [6.07, 6.45) is 3.17. The Hall–Kier alpha value is -1.06. The van der Waals surface area contributed by atoms with E-state index in [0.29, 0.717) is 6.42 Å². The third-order valence-corrected chi connectivity index (χ3v) is 3.27. The van der Waals surface area contributed by atoms with Crippen molar-refractivity contribution in [2.24, 2.45) is 0 Å². The van der Waals surface area contributed by atoms with Gasteiger partial charge in [0.2, 0.25) is 0 Å². The van der Waals surface area contributed by atoms with Crippen molar-refractivity contribution < 1.29 is 9.53 Å². The number of nitrogens with zero attached hydrogens (tertiary/aromatic N) is 1. The Morgan fingerprint density at radius 2 is 1.83 bits per heavy atom. The molecule has 100 valence electrons. The van der Waals surface area contributed by atoms with Gasteiger partial charge in [-0.1, -0.05) is 0 Å². The van der Waals surface area contributed by atoms with Crippen molar-refractivity contribution in [3.05, 3.63) is 29.8 Å². The normalized spacial score (nSPS) is 15.2. The van der Waals surface area contributed by atoms with E-state index in [0.717, 1.165) is 30.9 Å². The average molecular weight is 270 g/mol. The lowest BCUT2D eigenvalue weighted by molar-refractivity contribution is 0.0969. The summed E-state index contributed by atoms with van der Waals surface area (Å²) in [5, 5.41) is 0. The van der Waals surface area contributed by atoms with Crippen LogP contribution < -0.4 is 4.74 Å². The maximum absolute atomic E-state index is 11.9. The van der Waals surface area contributed by atoms with Gasteiger partial charge in [0.25, 0.3) is 0 Å². The minimum Gasteiger partial charge on any atom is -0.497 e. The van der Waals surface area contributed by atoms with Gasteiger partial charge in [-0.05, 0) is 50.2 Å². The largest absolute Gasteiger partial charge is 0.497 e. The first-order chi connectivity index (χ1) is 8.29. The highest BCUT2D eigenvalue weighted by Crippen LogP contribution is 2.14. The Morgan fingerprint density at radius 1 is 1.22 bits per heavy atom. The van der Waals surface area contributed by atoms with Crippen molar-refractivity contribution in [3.8, 4) is 5.75 Å². The first kappa shape index (κ1) is 15.0. The summed E-state index contributed by atoms with van der Waals surface area (Å²) in [7, 11) is 1.63. The van der Waals surface area contributed by atoms with E-state index in [1.165, 1.54) is 12.8 Å². The van der Waals surface area contributed by atoms with Crippen molar-refractivity contribution in [1.82, 2.24) is 4.90 Å². The molecule has 4 heteroatoms. The fraction of sp³-hybridized carbons (Fsp3) is 0.500. The van der Waals surface area contributed by atoms with Crippen molar-refractivity contribution in [1.29, 1.82) is 0 Å². The molecule has 1 aliphatic heterocycles. The molecule has 2 rings (SSSR count). The minimum absolute atomic E-state index is 0. The zero-order valence-electron chi connectivity index (χ0n) is 10.7. The Bertz CT molecular complexity index is 372. The number of ketones is 1. The second kappa shape index (κ2) is 7.39. The number of Topliss-reactive ketones (excluding diaryl/α,β-unsaturated/α-hetero) is 1. The first-order valence-electron chi connectivity index (χ1n) is 6.19. The molecule has 1 saturated heterocycles. The number of carbonyl (C=O) groups excluding carboxylic acids is 1. The van der Waals surface area contributed by atoms with Crippen LogP contribution in [0.3, 0.4) is 0 Å². The van der Waals surface area contributed by atoms with Crippen LogP contribution in [-0.4, -0.2) is 37.4 Å². The van der Waals surface area contributed by atoms with Crippen molar-refractivity contribution in [2.45, 2.75) is 19.3 Å². The molecule has 0 aromatic heterocycles. The van der Waals surface area contributed by atoms with Crippen molar-refractivity contribution >= 4 is 18.2 Å². The molecule has 0 saturated carbocycles. The molecule has 1 fully saturated rings. The number of hydrogen-bond donors (Lipinski definition) is 0. The lowest BCUT2D eigenvalue weighted by Gasteiger charge is -2.13. The number of ether oxygens (including phenoxy) is 1. The molecule has 1 aromatic rings. The number of rotatable bonds is 5. The van der Waals surface area contributed by atoms with Crippen LogP contribution in [-0.2, 0) is 0 Å². The second-order valence-corrected chi connectivity index (χ2v) is 4.45. The van der Waals surface area contributed by atoms with Gasteiger partial charge < -0.3 is 9.64 Å². The van der Waals surface area contributed by atoms with E-state index in [1.54, 1.807) is 7.11 Å². The third-order valence-electron chi connectivity index (χ3n) is 3.27. The zero-order chi connectivity index (χ0) is 12.1. The van der Waals surface area contributed by atoms with Gasteiger partial charge in [0, 0.05) is 18.5 Å². The molecule has 0 radical (unpaired) electrons. The molecule has 0 N–H and O–H groups in total. The number of carbonyl (C=O) groups is 1. The van der Waals surface area contributed by atoms with Crippen LogP contribution in [0.1, 0.15) is 29.6 Å². The summed E-state index contributed by atoms with van der Waals surface area (Å²) >= 11 is 0. The zero-order valence-corrected chi connectivity index (χ0v) is 11.5. The number of benzene rings is 1. The summed E-state index contributed by atoms with van der Waals surface area (Å²) in [5.74, 6) is 1.01. The molecular formula is C14H20ClNO2. The van der Waals surface area contributed by atoms with E-state index in [4.69, 9.17) is 4.74 Å². The number of methoxy groups -OCH3 is 1. The molecule has 1 aromatic carbocycles.